The Morgan fingerprint density at radius 2 is 1.89 bits per heavy atom. The van der Waals surface area contributed by atoms with Gasteiger partial charge in [-0.3, -0.25) is 10.1 Å². The number of aromatic nitrogens is 1. The molecule has 0 aliphatic heterocycles. The van der Waals surface area contributed by atoms with E-state index in [0.29, 0.717) is 5.82 Å². The van der Waals surface area contributed by atoms with Crippen LogP contribution >= 0.6 is 15.9 Å². The van der Waals surface area contributed by atoms with Gasteiger partial charge in [-0.25, -0.2) is 4.98 Å². The first-order chi connectivity index (χ1) is 8.56. The van der Waals surface area contributed by atoms with Gasteiger partial charge in [-0.1, -0.05) is 15.9 Å². The van der Waals surface area contributed by atoms with Gasteiger partial charge in [0.05, 0.1) is 4.92 Å². The van der Waals surface area contributed by atoms with E-state index >= 15 is 0 Å². The first kappa shape index (κ1) is 12.3. The molecule has 0 atom stereocenters. The summed E-state index contributed by atoms with van der Waals surface area (Å²) in [4.78, 5) is 14.0. The average Bonchev–Trinajstić information content (AvgIpc) is 2.32. The SMILES string of the molecule is Nc1nc(Nc2ccc(Br)cc2)ccc1[N+](=O)[O-]. The number of halogens is 1. The summed E-state index contributed by atoms with van der Waals surface area (Å²) in [6.45, 7) is 0. The van der Waals surface area contributed by atoms with Crippen LogP contribution in [-0.2, 0) is 0 Å². The molecule has 7 heteroatoms. The number of nitro groups is 1. The van der Waals surface area contributed by atoms with Crippen LogP contribution in [0.15, 0.2) is 40.9 Å². The van der Waals surface area contributed by atoms with Crippen LogP contribution in [-0.4, -0.2) is 9.91 Å². The summed E-state index contributed by atoms with van der Waals surface area (Å²) in [6, 6.07) is 10.3. The van der Waals surface area contributed by atoms with Crippen molar-refractivity contribution in [2.45, 2.75) is 0 Å². The van der Waals surface area contributed by atoms with Gasteiger partial charge in [0.1, 0.15) is 5.82 Å². The van der Waals surface area contributed by atoms with Crippen molar-refractivity contribution in [1.82, 2.24) is 4.98 Å². The van der Waals surface area contributed by atoms with Crippen LogP contribution in [0.3, 0.4) is 0 Å². The molecule has 0 aliphatic carbocycles. The summed E-state index contributed by atoms with van der Waals surface area (Å²) in [7, 11) is 0. The number of nitrogens with two attached hydrogens (primary N) is 1. The molecule has 6 nitrogen and oxygen atoms in total. The molecule has 92 valence electrons. The van der Waals surface area contributed by atoms with Crippen molar-refractivity contribution in [2.75, 3.05) is 11.1 Å². The maximum atomic E-state index is 10.6. The second-order valence-corrected chi connectivity index (χ2v) is 4.41. The van der Waals surface area contributed by atoms with Crippen LogP contribution in [0, 0.1) is 10.1 Å². The molecule has 0 fully saturated rings. The van der Waals surface area contributed by atoms with E-state index in [-0.39, 0.29) is 11.5 Å². The number of nitrogens with zero attached hydrogens (tertiary/aromatic N) is 2. The molecule has 0 saturated carbocycles. The maximum Gasteiger partial charge on any atom is 0.311 e. The highest BCUT2D eigenvalue weighted by molar-refractivity contribution is 9.10. The lowest BCUT2D eigenvalue weighted by Crippen LogP contribution is -2.01. The lowest BCUT2D eigenvalue weighted by molar-refractivity contribution is -0.384. The third-order valence-corrected chi connectivity index (χ3v) is 2.74. The van der Waals surface area contributed by atoms with Gasteiger partial charge in [0.15, 0.2) is 0 Å². The first-order valence-corrected chi connectivity index (χ1v) is 5.79. The Bertz CT molecular complexity index is 586. The number of benzene rings is 1. The number of rotatable bonds is 3. The van der Waals surface area contributed by atoms with Crippen LogP contribution in [0.25, 0.3) is 0 Å². The molecule has 1 aromatic heterocycles. The highest BCUT2D eigenvalue weighted by Gasteiger charge is 2.12. The van der Waals surface area contributed by atoms with Crippen molar-refractivity contribution in [3.8, 4) is 0 Å². The zero-order valence-electron chi connectivity index (χ0n) is 9.13. The van der Waals surface area contributed by atoms with Gasteiger partial charge < -0.3 is 11.1 Å². The monoisotopic (exact) mass is 308 g/mol. The normalized spacial score (nSPS) is 10.1. The molecule has 1 heterocycles. The second kappa shape index (κ2) is 5.01. The Kier molecular flexibility index (Phi) is 3.42. The van der Waals surface area contributed by atoms with Crippen molar-refractivity contribution in [3.63, 3.8) is 0 Å². The van der Waals surface area contributed by atoms with Crippen LogP contribution in [0.4, 0.5) is 23.0 Å². The zero-order chi connectivity index (χ0) is 13.1. The van der Waals surface area contributed by atoms with Gasteiger partial charge in [0.2, 0.25) is 5.82 Å². The summed E-state index contributed by atoms with van der Waals surface area (Å²) < 4.78 is 0.962. The highest BCUT2D eigenvalue weighted by atomic mass is 79.9. The Morgan fingerprint density at radius 3 is 2.44 bits per heavy atom. The molecule has 3 N–H and O–H groups in total. The molecule has 0 spiro atoms. The second-order valence-electron chi connectivity index (χ2n) is 3.49. The van der Waals surface area contributed by atoms with Crippen LogP contribution in [0.5, 0.6) is 0 Å². The van der Waals surface area contributed by atoms with Gasteiger partial charge in [-0.05, 0) is 30.3 Å². The minimum atomic E-state index is -0.564. The Morgan fingerprint density at radius 1 is 1.22 bits per heavy atom. The standard InChI is InChI=1S/C11H9BrN4O2/c12-7-1-3-8(4-2-7)14-10-6-5-9(16(17)18)11(13)15-10/h1-6H,(H3,13,14,15). The molecule has 0 bridgehead atoms. The predicted octanol–water partition coefficient (Wildman–Crippen LogP) is 3.08. The molecule has 1 aromatic carbocycles. The Labute approximate surface area is 111 Å². The molecule has 2 rings (SSSR count). The number of nitrogens with one attached hydrogen (secondary N) is 1. The molecular formula is C11H9BrN4O2. The van der Waals surface area contributed by atoms with Gasteiger partial charge in [-0.2, -0.15) is 0 Å². The average molecular weight is 309 g/mol. The van der Waals surface area contributed by atoms with E-state index in [1.807, 2.05) is 24.3 Å². The molecule has 0 radical (unpaired) electrons. The lowest BCUT2D eigenvalue weighted by Gasteiger charge is -2.06. The third-order valence-electron chi connectivity index (χ3n) is 2.22. The van der Waals surface area contributed by atoms with E-state index < -0.39 is 4.92 Å². The van der Waals surface area contributed by atoms with Crippen molar-refractivity contribution in [1.29, 1.82) is 0 Å². The summed E-state index contributed by atoms with van der Waals surface area (Å²) in [5, 5.41) is 13.6. The fourth-order valence-electron chi connectivity index (χ4n) is 1.37. The summed E-state index contributed by atoms with van der Waals surface area (Å²) in [6.07, 6.45) is 0. The highest BCUT2D eigenvalue weighted by Crippen LogP contribution is 2.23. The van der Waals surface area contributed by atoms with Gasteiger partial charge in [0.25, 0.3) is 0 Å². The van der Waals surface area contributed by atoms with E-state index in [1.54, 1.807) is 0 Å². The van der Waals surface area contributed by atoms with Gasteiger partial charge in [-0.15, -0.1) is 0 Å². The maximum absolute atomic E-state index is 10.6. The molecule has 0 amide bonds. The Balaban J connectivity index is 2.22. The predicted molar refractivity (Wildman–Crippen MR) is 72.7 cm³/mol. The number of nitrogen functional groups attached to an aromatic ring is 1. The minimum absolute atomic E-state index is 0.109. The van der Waals surface area contributed by atoms with Crippen LogP contribution in [0.2, 0.25) is 0 Å². The van der Waals surface area contributed by atoms with Gasteiger partial charge >= 0.3 is 5.69 Å². The number of anilines is 3. The van der Waals surface area contributed by atoms with Crippen molar-refractivity contribution >= 4 is 38.9 Å². The number of pyridine rings is 1. The summed E-state index contributed by atoms with van der Waals surface area (Å²) in [5.74, 6) is 0.350. The minimum Gasteiger partial charge on any atom is -0.378 e. The molecule has 0 aliphatic rings. The lowest BCUT2D eigenvalue weighted by atomic mass is 10.3. The van der Waals surface area contributed by atoms with E-state index in [0.717, 1.165) is 10.2 Å². The largest absolute Gasteiger partial charge is 0.378 e. The smallest absolute Gasteiger partial charge is 0.311 e. The van der Waals surface area contributed by atoms with E-state index in [9.17, 15) is 10.1 Å². The van der Waals surface area contributed by atoms with Crippen molar-refractivity contribution in [3.05, 3.63) is 51.0 Å². The van der Waals surface area contributed by atoms with Crippen molar-refractivity contribution < 1.29 is 4.92 Å². The quantitative estimate of drug-likeness (QED) is 0.671. The summed E-state index contributed by atoms with van der Waals surface area (Å²) in [5.41, 5.74) is 6.12. The Hall–Kier alpha value is -2.15. The van der Waals surface area contributed by atoms with Crippen molar-refractivity contribution in [2.24, 2.45) is 0 Å². The van der Waals surface area contributed by atoms with E-state index in [1.165, 1.54) is 12.1 Å². The molecule has 2 aromatic rings. The topological polar surface area (TPSA) is 94.1 Å². The summed E-state index contributed by atoms with van der Waals surface area (Å²) >= 11 is 3.33. The van der Waals surface area contributed by atoms with E-state index in [4.69, 9.17) is 5.73 Å². The number of hydrogen-bond acceptors (Lipinski definition) is 5. The van der Waals surface area contributed by atoms with E-state index in [2.05, 4.69) is 26.2 Å². The fraction of sp³-hybridized carbons (Fsp3) is 0. The molecule has 0 unspecified atom stereocenters. The molecule has 0 saturated heterocycles. The van der Waals surface area contributed by atoms with Crippen LogP contribution < -0.4 is 11.1 Å². The first-order valence-electron chi connectivity index (χ1n) is 5.00. The van der Waals surface area contributed by atoms with Crippen LogP contribution in [0.1, 0.15) is 0 Å². The fourth-order valence-corrected chi connectivity index (χ4v) is 1.64. The molecule has 18 heavy (non-hydrogen) atoms. The third kappa shape index (κ3) is 2.75. The zero-order valence-corrected chi connectivity index (χ0v) is 10.7. The molecular weight excluding hydrogens is 300 g/mol. The number of hydrogen-bond donors (Lipinski definition) is 2. The van der Waals surface area contributed by atoms with Gasteiger partial charge in [0, 0.05) is 16.2 Å².